The molecular formula is C24H20N4OS. The Hall–Kier alpha value is -3.38. The summed E-state index contributed by atoms with van der Waals surface area (Å²) in [5, 5.41) is 10.3. The number of aromatic nitrogens is 4. The second-order valence-corrected chi connectivity index (χ2v) is 8.34. The maximum absolute atomic E-state index is 12.7. The van der Waals surface area contributed by atoms with Gasteiger partial charge in [-0.15, -0.1) is 10.2 Å². The minimum Gasteiger partial charge on any atom is -0.279 e. The van der Waals surface area contributed by atoms with E-state index in [9.17, 15) is 4.79 Å². The molecule has 0 spiro atoms. The molecule has 1 atom stereocenters. The van der Waals surface area contributed by atoms with Gasteiger partial charge in [0.25, 0.3) is 5.56 Å². The first-order valence-corrected chi connectivity index (χ1v) is 10.6. The molecule has 3 aromatic carbocycles. The maximum atomic E-state index is 12.7. The third kappa shape index (κ3) is 3.00. The quantitative estimate of drug-likeness (QED) is 0.399. The molecule has 0 aliphatic rings. The van der Waals surface area contributed by atoms with E-state index in [1.54, 1.807) is 23.4 Å². The van der Waals surface area contributed by atoms with Crippen molar-refractivity contribution in [3.05, 3.63) is 106 Å². The number of fused-ring (bicyclic) bond motifs is 3. The zero-order valence-corrected chi connectivity index (χ0v) is 17.5. The number of aryl methyl sites for hydroxylation is 2. The summed E-state index contributed by atoms with van der Waals surface area (Å²) in [6.45, 7) is 2.13. The number of hydrogen-bond acceptors (Lipinski definition) is 4. The van der Waals surface area contributed by atoms with Crippen LogP contribution in [0.4, 0.5) is 0 Å². The van der Waals surface area contributed by atoms with Crippen molar-refractivity contribution < 1.29 is 0 Å². The highest BCUT2D eigenvalue weighted by Crippen LogP contribution is 2.41. The fourth-order valence-electron chi connectivity index (χ4n) is 3.81. The Morgan fingerprint density at radius 1 is 0.867 bits per heavy atom. The van der Waals surface area contributed by atoms with E-state index in [2.05, 4.69) is 65.7 Å². The molecule has 148 valence electrons. The van der Waals surface area contributed by atoms with Gasteiger partial charge >= 0.3 is 0 Å². The number of para-hydroxylation sites is 1. The van der Waals surface area contributed by atoms with Gasteiger partial charge in [-0.3, -0.25) is 13.8 Å². The first-order valence-electron chi connectivity index (χ1n) is 9.75. The van der Waals surface area contributed by atoms with Gasteiger partial charge in [-0.25, -0.2) is 0 Å². The molecule has 0 N–H and O–H groups in total. The molecule has 2 aromatic heterocycles. The molecule has 0 saturated carbocycles. The average Bonchev–Trinajstić information content (AvgIpc) is 3.21. The number of rotatable bonds is 4. The van der Waals surface area contributed by atoms with Crippen molar-refractivity contribution in [2.24, 2.45) is 7.05 Å². The first kappa shape index (κ1) is 18.6. The van der Waals surface area contributed by atoms with Crippen molar-refractivity contribution in [2.75, 3.05) is 0 Å². The second kappa shape index (κ2) is 7.46. The summed E-state index contributed by atoms with van der Waals surface area (Å²) in [7, 11) is 1.74. The van der Waals surface area contributed by atoms with Crippen LogP contribution in [-0.2, 0) is 7.05 Å². The van der Waals surface area contributed by atoms with E-state index in [-0.39, 0.29) is 10.8 Å². The van der Waals surface area contributed by atoms with E-state index in [1.807, 2.05) is 34.7 Å². The lowest BCUT2D eigenvalue weighted by Crippen LogP contribution is -2.20. The van der Waals surface area contributed by atoms with E-state index in [1.165, 1.54) is 16.7 Å². The van der Waals surface area contributed by atoms with Gasteiger partial charge in [0.15, 0.2) is 5.16 Å². The molecule has 0 amide bonds. The van der Waals surface area contributed by atoms with Crippen molar-refractivity contribution in [3.8, 4) is 0 Å². The molecule has 0 fully saturated rings. The third-order valence-electron chi connectivity index (χ3n) is 5.39. The molecular weight excluding hydrogens is 392 g/mol. The van der Waals surface area contributed by atoms with Gasteiger partial charge in [0.1, 0.15) is 0 Å². The summed E-state index contributed by atoms with van der Waals surface area (Å²) in [4.78, 5) is 12.7. The Morgan fingerprint density at radius 2 is 1.57 bits per heavy atom. The Labute approximate surface area is 178 Å². The van der Waals surface area contributed by atoms with Crippen LogP contribution >= 0.6 is 11.8 Å². The summed E-state index contributed by atoms with van der Waals surface area (Å²) in [6.07, 6.45) is 0. The normalized spacial score (nSPS) is 12.5. The minimum absolute atomic E-state index is 0.0517. The Kier molecular flexibility index (Phi) is 4.64. The smallest absolute Gasteiger partial charge is 0.262 e. The molecule has 0 aliphatic heterocycles. The topological polar surface area (TPSA) is 52.2 Å². The SMILES string of the molecule is Cc1ccccc1C(Sc1nnc2n(C)c(=O)c3ccccc3n12)c1ccccc1. The molecule has 2 heterocycles. The lowest BCUT2D eigenvalue weighted by atomic mass is 10.0. The van der Waals surface area contributed by atoms with Crippen LogP contribution in [0.1, 0.15) is 21.9 Å². The molecule has 5 rings (SSSR count). The van der Waals surface area contributed by atoms with Gasteiger partial charge in [0.05, 0.1) is 16.2 Å². The maximum Gasteiger partial charge on any atom is 0.262 e. The molecule has 0 bridgehead atoms. The molecule has 0 radical (unpaired) electrons. The molecule has 0 aliphatic carbocycles. The highest BCUT2D eigenvalue weighted by Gasteiger charge is 2.22. The van der Waals surface area contributed by atoms with Crippen LogP contribution in [0.5, 0.6) is 0 Å². The third-order valence-corrected chi connectivity index (χ3v) is 6.63. The Morgan fingerprint density at radius 3 is 2.37 bits per heavy atom. The zero-order chi connectivity index (χ0) is 20.7. The standard InChI is InChI=1S/C24H20N4OS/c1-16-10-6-7-13-18(16)21(17-11-4-3-5-12-17)30-24-26-25-23-27(2)22(29)19-14-8-9-15-20(19)28(23)24/h3-15,21H,1-2H3. The zero-order valence-electron chi connectivity index (χ0n) is 16.7. The van der Waals surface area contributed by atoms with Gasteiger partial charge in [-0.2, -0.15) is 0 Å². The molecule has 6 heteroatoms. The number of hydrogen-bond donors (Lipinski definition) is 0. The van der Waals surface area contributed by atoms with E-state index >= 15 is 0 Å². The molecule has 1 unspecified atom stereocenters. The minimum atomic E-state index is -0.0689. The largest absolute Gasteiger partial charge is 0.279 e. The van der Waals surface area contributed by atoms with Crippen LogP contribution in [0.25, 0.3) is 16.7 Å². The Balaban J connectivity index is 1.73. The summed E-state index contributed by atoms with van der Waals surface area (Å²) in [5.74, 6) is 0.540. The van der Waals surface area contributed by atoms with Crippen molar-refractivity contribution in [1.82, 2.24) is 19.2 Å². The van der Waals surface area contributed by atoms with Gasteiger partial charge in [-0.1, -0.05) is 78.5 Å². The van der Waals surface area contributed by atoms with E-state index in [0.717, 1.165) is 10.7 Å². The van der Waals surface area contributed by atoms with Gasteiger partial charge in [0.2, 0.25) is 5.78 Å². The van der Waals surface area contributed by atoms with Gasteiger partial charge in [-0.05, 0) is 35.7 Å². The number of nitrogens with zero attached hydrogens (tertiary/aromatic N) is 4. The second-order valence-electron chi connectivity index (χ2n) is 7.26. The van der Waals surface area contributed by atoms with Crippen LogP contribution in [0, 0.1) is 6.92 Å². The van der Waals surface area contributed by atoms with Crippen LogP contribution < -0.4 is 5.56 Å². The van der Waals surface area contributed by atoms with E-state index in [0.29, 0.717) is 11.2 Å². The predicted molar refractivity (Wildman–Crippen MR) is 121 cm³/mol. The van der Waals surface area contributed by atoms with Gasteiger partial charge < -0.3 is 0 Å². The average molecular weight is 413 g/mol. The number of thioether (sulfide) groups is 1. The monoisotopic (exact) mass is 412 g/mol. The lowest BCUT2D eigenvalue weighted by Gasteiger charge is -2.19. The molecule has 5 nitrogen and oxygen atoms in total. The first-order chi connectivity index (χ1) is 14.6. The summed E-state index contributed by atoms with van der Waals surface area (Å²) < 4.78 is 3.54. The van der Waals surface area contributed by atoms with Crippen molar-refractivity contribution in [3.63, 3.8) is 0 Å². The van der Waals surface area contributed by atoms with Crippen LogP contribution in [0.3, 0.4) is 0 Å². The fourth-order valence-corrected chi connectivity index (χ4v) is 5.08. The van der Waals surface area contributed by atoms with E-state index < -0.39 is 0 Å². The van der Waals surface area contributed by atoms with Crippen molar-refractivity contribution >= 4 is 28.4 Å². The van der Waals surface area contributed by atoms with E-state index in [4.69, 9.17) is 0 Å². The van der Waals surface area contributed by atoms with Crippen LogP contribution in [0.15, 0.2) is 88.8 Å². The van der Waals surface area contributed by atoms with Crippen LogP contribution in [-0.4, -0.2) is 19.2 Å². The van der Waals surface area contributed by atoms with Gasteiger partial charge in [0, 0.05) is 7.05 Å². The molecule has 5 aromatic rings. The van der Waals surface area contributed by atoms with Crippen LogP contribution in [0.2, 0.25) is 0 Å². The van der Waals surface area contributed by atoms with Crippen molar-refractivity contribution in [1.29, 1.82) is 0 Å². The Bertz CT molecular complexity index is 1420. The number of benzene rings is 3. The highest BCUT2D eigenvalue weighted by molar-refractivity contribution is 7.99. The predicted octanol–water partition coefficient (Wildman–Crippen LogP) is 4.77. The molecule has 0 saturated heterocycles. The molecule has 30 heavy (non-hydrogen) atoms. The van der Waals surface area contributed by atoms with Crippen molar-refractivity contribution in [2.45, 2.75) is 17.3 Å². The fraction of sp³-hybridized carbons (Fsp3) is 0.125. The lowest BCUT2D eigenvalue weighted by molar-refractivity contribution is 0.853. The summed E-state index contributed by atoms with van der Waals surface area (Å²) >= 11 is 1.65. The summed E-state index contributed by atoms with van der Waals surface area (Å²) in [5.41, 5.74) is 4.41. The highest BCUT2D eigenvalue weighted by atomic mass is 32.2. The summed E-state index contributed by atoms with van der Waals surface area (Å²) in [6, 6.07) is 26.5.